The van der Waals surface area contributed by atoms with E-state index < -0.39 is 5.60 Å². The van der Waals surface area contributed by atoms with E-state index in [1.807, 2.05) is 6.92 Å². The van der Waals surface area contributed by atoms with E-state index in [-0.39, 0.29) is 11.6 Å². The molecule has 0 aromatic heterocycles. The highest BCUT2D eigenvalue weighted by molar-refractivity contribution is 5.69. The summed E-state index contributed by atoms with van der Waals surface area (Å²) in [7, 11) is 0. The highest BCUT2D eigenvalue weighted by Crippen LogP contribution is 2.58. The van der Waals surface area contributed by atoms with Crippen molar-refractivity contribution in [1.82, 2.24) is 0 Å². The molecule has 0 aliphatic heterocycles. The van der Waals surface area contributed by atoms with Gasteiger partial charge in [-0.2, -0.15) is 0 Å². The molecule has 3 nitrogen and oxygen atoms in total. The number of esters is 1. The van der Waals surface area contributed by atoms with Crippen molar-refractivity contribution in [3.05, 3.63) is 0 Å². The van der Waals surface area contributed by atoms with Crippen LogP contribution in [0.2, 0.25) is 0 Å². The first-order chi connectivity index (χ1) is 8.03. The average molecular weight is 238 g/mol. The number of rotatable bonds is 3. The minimum Gasteiger partial charge on any atom is -0.459 e. The first-order valence-corrected chi connectivity index (χ1v) is 6.97. The lowest BCUT2D eigenvalue weighted by molar-refractivity contribution is -0.219. The Kier molecular flexibility index (Phi) is 2.51. The van der Waals surface area contributed by atoms with Crippen molar-refractivity contribution in [2.75, 3.05) is 0 Å². The molecule has 4 saturated carbocycles. The van der Waals surface area contributed by atoms with E-state index in [4.69, 9.17) is 4.74 Å². The van der Waals surface area contributed by atoms with Gasteiger partial charge in [-0.05, 0) is 50.4 Å². The zero-order chi connectivity index (χ0) is 12.1. The molecule has 0 aromatic rings. The smallest absolute Gasteiger partial charge is 0.306 e. The third-order valence-corrected chi connectivity index (χ3v) is 4.76. The quantitative estimate of drug-likeness (QED) is 0.768. The van der Waals surface area contributed by atoms with E-state index in [0.717, 1.165) is 32.1 Å². The maximum atomic E-state index is 11.7. The summed E-state index contributed by atoms with van der Waals surface area (Å²) in [5.41, 5.74) is -0.846. The van der Waals surface area contributed by atoms with Crippen molar-refractivity contribution >= 4 is 5.97 Å². The molecular formula is C14H22O3. The summed E-state index contributed by atoms with van der Waals surface area (Å²) in [5, 5.41) is 10.5. The van der Waals surface area contributed by atoms with E-state index in [1.165, 1.54) is 6.42 Å². The first kappa shape index (κ1) is 11.5. The summed E-state index contributed by atoms with van der Waals surface area (Å²) in [4.78, 5) is 11.7. The lowest BCUT2D eigenvalue weighted by Crippen LogP contribution is -2.60. The molecule has 0 spiro atoms. The van der Waals surface area contributed by atoms with E-state index in [9.17, 15) is 9.90 Å². The van der Waals surface area contributed by atoms with E-state index in [0.29, 0.717) is 24.7 Å². The molecule has 4 fully saturated rings. The molecule has 4 aliphatic carbocycles. The molecule has 2 atom stereocenters. The van der Waals surface area contributed by atoms with E-state index >= 15 is 0 Å². The van der Waals surface area contributed by atoms with Gasteiger partial charge in [0.2, 0.25) is 0 Å². The van der Waals surface area contributed by atoms with Crippen LogP contribution in [0.4, 0.5) is 0 Å². The van der Waals surface area contributed by atoms with Crippen LogP contribution in [0.5, 0.6) is 0 Å². The molecule has 0 heterocycles. The minimum atomic E-state index is -0.531. The summed E-state index contributed by atoms with van der Waals surface area (Å²) in [6, 6.07) is 0. The van der Waals surface area contributed by atoms with Crippen molar-refractivity contribution in [2.45, 2.75) is 69.5 Å². The van der Waals surface area contributed by atoms with Gasteiger partial charge in [0.1, 0.15) is 5.60 Å². The van der Waals surface area contributed by atoms with Crippen molar-refractivity contribution in [1.29, 1.82) is 0 Å². The lowest BCUT2D eigenvalue weighted by Gasteiger charge is -2.59. The molecular weight excluding hydrogens is 216 g/mol. The van der Waals surface area contributed by atoms with Gasteiger partial charge in [-0.15, -0.1) is 0 Å². The first-order valence-electron chi connectivity index (χ1n) is 6.97. The highest BCUT2D eigenvalue weighted by Gasteiger charge is 2.59. The Morgan fingerprint density at radius 3 is 2.47 bits per heavy atom. The van der Waals surface area contributed by atoms with Crippen molar-refractivity contribution in [3.8, 4) is 0 Å². The van der Waals surface area contributed by atoms with E-state index in [1.54, 1.807) is 0 Å². The molecule has 3 heteroatoms. The van der Waals surface area contributed by atoms with Crippen LogP contribution >= 0.6 is 0 Å². The highest BCUT2D eigenvalue weighted by atomic mass is 16.6. The number of ether oxygens (including phenoxy) is 1. The van der Waals surface area contributed by atoms with Crippen LogP contribution in [0.15, 0.2) is 0 Å². The zero-order valence-corrected chi connectivity index (χ0v) is 10.6. The van der Waals surface area contributed by atoms with Gasteiger partial charge < -0.3 is 9.84 Å². The third kappa shape index (κ3) is 1.99. The van der Waals surface area contributed by atoms with Crippen LogP contribution in [0.3, 0.4) is 0 Å². The number of hydrogen-bond donors (Lipinski definition) is 1. The Hall–Kier alpha value is -0.570. The Bertz CT molecular complexity index is 322. The Labute approximate surface area is 103 Å². The lowest BCUT2D eigenvalue weighted by atomic mass is 9.52. The molecule has 17 heavy (non-hydrogen) atoms. The Balaban J connectivity index is 1.76. The number of aliphatic hydroxyl groups is 1. The molecule has 0 aromatic carbocycles. The fourth-order valence-corrected chi connectivity index (χ4v) is 4.75. The zero-order valence-electron chi connectivity index (χ0n) is 10.6. The predicted molar refractivity (Wildman–Crippen MR) is 63.4 cm³/mol. The summed E-state index contributed by atoms with van der Waals surface area (Å²) in [5.74, 6) is 1.09. The largest absolute Gasteiger partial charge is 0.459 e. The second-order valence-corrected chi connectivity index (χ2v) is 6.59. The number of carbonyl (C=O) groups excluding carboxylic acids is 1. The Morgan fingerprint density at radius 2 is 1.94 bits per heavy atom. The van der Waals surface area contributed by atoms with Crippen LogP contribution in [-0.2, 0) is 9.53 Å². The molecule has 2 unspecified atom stereocenters. The third-order valence-electron chi connectivity index (χ3n) is 4.76. The molecule has 4 rings (SSSR count). The summed E-state index contributed by atoms with van der Waals surface area (Å²) >= 11 is 0. The molecule has 0 radical (unpaired) electrons. The van der Waals surface area contributed by atoms with Gasteiger partial charge in [-0.1, -0.05) is 6.92 Å². The Morgan fingerprint density at radius 1 is 1.29 bits per heavy atom. The van der Waals surface area contributed by atoms with Gasteiger partial charge in [0.05, 0.1) is 5.60 Å². The van der Waals surface area contributed by atoms with Crippen molar-refractivity contribution < 1.29 is 14.6 Å². The number of hydrogen-bond acceptors (Lipinski definition) is 3. The van der Waals surface area contributed by atoms with Crippen LogP contribution in [0.1, 0.15) is 58.3 Å². The second-order valence-electron chi connectivity index (χ2n) is 6.59. The predicted octanol–water partition coefficient (Wildman–Crippen LogP) is 2.41. The van der Waals surface area contributed by atoms with Gasteiger partial charge >= 0.3 is 5.97 Å². The van der Waals surface area contributed by atoms with Crippen molar-refractivity contribution in [3.63, 3.8) is 0 Å². The average Bonchev–Trinajstić information content (AvgIpc) is 2.11. The monoisotopic (exact) mass is 238 g/mol. The van der Waals surface area contributed by atoms with Gasteiger partial charge in [0, 0.05) is 12.8 Å². The molecule has 4 bridgehead atoms. The summed E-state index contributed by atoms with van der Waals surface area (Å²) in [6.07, 6.45) is 7.09. The van der Waals surface area contributed by atoms with Crippen molar-refractivity contribution in [2.24, 2.45) is 11.8 Å². The normalized spacial score (nSPS) is 47.2. The van der Waals surface area contributed by atoms with Gasteiger partial charge in [0.25, 0.3) is 0 Å². The second kappa shape index (κ2) is 3.71. The van der Waals surface area contributed by atoms with E-state index in [2.05, 4.69) is 0 Å². The number of carbonyl (C=O) groups is 1. The fraction of sp³-hybridized carbons (Fsp3) is 0.929. The van der Waals surface area contributed by atoms with Crippen LogP contribution in [0, 0.1) is 11.8 Å². The molecule has 1 N–H and O–H groups in total. The van der Waals surface area contributed by atoms with Crippen LogP contribution in [-0.4, -0.2) is 22.3 Å². The maximum Gasteiger partial charge on any atom is 0.306 e. The summed E-state index contributed by atoms with van der Waals surface area (Å²) < 4.78 is 5.76. The maximum absolute atomic E-state index is 11.7. The van der Waals surface area contributed by atoms with Gasteiger partial charge in [-0.25, -0.2) is 0 Å². The van der Waals surface area contributed by atoms with Crippen LogP contribution in [0.25, 0.3) is 0 Å². The fourth-order valence-electron chi connectivity index (χ4n) is 4.75. The summed E-state index contributed by atoms with van der Waals surface area (Å²) in [6.45, 7) is 1.99. The van der Waals surface area contributed by atoms with Gasteiger partial charge in [0.15, 0.2) is 0 Å². The topological polar surface area (TPSA) is 46.5 Å². The molecule has 96 valence electrons. The minimum absolute atomic E-state index is 0.0712. The van der Waals surface area contributed by atoms with Gasteiger partial charge in [-0.3, -0.25) is 4.79 Å². The molecule has 0 amide bonds. The standard InChI is InChI=1S/C14H22O3/c1-2-3-12(15)17-14-7-10-4-11(8-14)6-13(16,5-10)9-14/h10-11,16H,2-9H2,1H3. The molecule has 0 saturated heterocycles. The molecule has 4 aliphatic rings. The van der Waals surface area contributed by atoms with Crippen LogP contribution < -0.4 is 0 Å². The SMILES string of the molecule is CCCC(=O)OC12CC3CC(CC(O)(C3)C1)C2.